The number of halogens is 2. The maximum atomic E-state index is 14.1. The second-order valence-electron chi connectivity index (χ2n) is 10.9. The van der Waals surface area contributed by atoms with Crippen LogP contribution < -0.4 is 20.7 Å². The number of benzene rings is 1. The molecule has 5 rings (SSSR count). The van der Waals surface area contributed by atoms with Crippen molar-refractivity contribution in [1.29, 1.82) is 0 Å². The Balaban J connectivity index is 1.68. The van der Waals surface area contributed by atoms with Gasteiger partial charge in [-0.15, -0.1) is 4.80 Å². The van der Waals surface area contributed by atoms with Gasteiger partial charge in [-0.05, 0) is 58.6 Å². The fraction of sp³-hybridized carbons (Fsp3) is 0.423. The van der Waals surface area contributed by atoms with Gasteiger partial charge in [0.15, 0.2) is 0 Å². The average Bonchev–Trinajstić information content (AvgIpc) is 3.35. The van der Waals surface area contributed by atoms with E-state index in [1.807, 2.05) is 0 Å². The minimum atomic E-state index is -4.14. The molecule has 3 heterocycles. The molecule has 0 atom stereocenters. The van der Waals surface area contributed by atoms with Gasteiger partial charge in [0, 0.05) is 12.1 Å². The molecule has 1 aliphatic rings. The monoisotopic (exact) mass is 622 g/mol. The maximum Gasteiger partial charge on any atom is 0.387 e. The molecule has 42 heavy (non-hydrogen) atoms. The summed E-state index contributed by atoms with van der Waals surface area (Å²) in [5, 5.41) is 8.87. The Morgan fingerprint density at radius 1 is 1.17 bits per heavy atom. The predicted molar refractivity (Wildman–Crippen MR) is 151 cm³/mol. The van der Waals surface area contributed by atoms with Crippen LogP contribution in [0.5, 0.6) is 5.75 Å². The largest absolute Gasteiger partial charge is 0.435 e. The molecule has 224 valence electrons. The number of sulfonamides is 1. The number of para-hydroxylation sites is 1. The van der Waals surface area contributed by atoms with Gasteiger partial charge in [-0.2, -0.15) is 19.0 Å². The number of rotatable bonds is 9. The summed E-state index contributed by atoms with van der Waals surface area (Å²) in [5.41, 5.74) is -2.44. The van der Waals surface area contributed by atoms with E-state index in [1.165, 1.54) is 48.6 Å². The van der Waals surface area contributed by atoms with E-state index in [0.717, 1.165) is 15.9 Å². The lowest BCUT2D eigenvalue weighted by molar-refractivity contribution is -0.124. The number of carbonyl (C=O) groups is 1. The van der Waals surface area contributed by atoms with Gasteiger partial charge >= 0.3 is 12.3 Å². The Morgan fingerprint density at radius 3 is 2.40 bits per heavy atom. The van der Waals surface area contributed by atoms with E-state index in [9.17, 15) is 31.6 Å². The second kappa shape index (κ2) is 10.4. The molecule has 3 aromatic heterocycles. The summed E-state index contributed by atoms with van der Waals surface area (Å²) < 4.78 is 59.1. The highest BCUT2D eigenvalue weighted by molar-refractivity contribution is 7.91. The molecule has 0 bridgehead atoms. The zero-order valence-corrected chi connectivity index (χ0v) is 24.8. The number of fused-ring (bicyclic) bond motifs is 1. The summed E-state index contributed by atoms with van der Waals surface area (Å²) in [6.07, 6.45) is 3.12. The molecular weight excluding hydrogens is 594 g/mol. The third-order valence-corrected chi connectivity index (χ3v) is 10.5. The van der Waals surface area contributed by atoms with E-state index >= 15 is 0 Å². The summed E-state index contributed by atoms with van der Waals surface area (Å²) in [6.45, 7) is 2.80. The van der Waals surface area contributed by atoms with Crippen molar-refractivity contribution >= 4 is 37.5 Å². The predicted octanol–water partition coefficient (Wildman–Crippen LogP) is 2.69. The van der Waals surface area contributed by atoms with Crippen molar-refractivity contribution in [2.45, 2.75) is 70.4 Å². The maximum absolute atomic E-state index is 14.1. The molecule has 16 heteroatoms. The Kier molecular flexibility index (Phi) is 7.33. The number of carbonyl (C=O) groups excluding carboxylic acids is 1. The number of ether oxygens (including phenoxy) is 1. The molecule has 0 aliphatic heterocycles. The van der Waals surface area contributed by atoms with Gasteiger partial charge in [-0.1, -0.05) is 29.5 Å². The van der Waals surface area contributed by atoms with Crippen molar-refractivity contribution in [2.24, 2.45) is 0 Å². The van der Waals surface area contributed by atoms with Crippen LogP contribution in [0.25, 0.3) is 15.2 Å². The van der Waals surface area contributed by atoms with E-state index in [0.29, 0.717) is 16.1 Å². The lowest BCUT2D eigenvalue weighted by Crippen LogP contribution is -2.54. The zero-order chi connectivity index (χ0) is 30.6. The molecule has 0 unspecified atom stereocenters. The Hall–Kier alpha value is -3.92. The number of aryl methyl sites for hydroxylation is 3. The molecule has 1 saturated carbocycles. The van der Waals surface area contributed by atoms with E-state index in [1.54, 1.807) is 25.1 Å². The van der Waals surface area contributed by atoms with Crippen molar-refractivity contribution in [3.63, 3.8) is 0 Å². The fourth-order valence-corrected chi connectivity index (χ4v) is 6.59. The molecule has 4 aromatic rings. The highest BCUT2D eigenvalue weighted by atomic mass is 32.2. The van der Waals surface area contributed by atoms with Gasteiger partial charge in [0.05, 0.1) is 22.5 Å². The number of hydrogen-bond acceptors (Lipinski definition) is 9. The van der Waals surface area contributed by atoms with Gasteiger partial charge in [0.2, 0.25) is 10.0 Å². The van der Waals surface area contributed by atoms with Crippen LogP contribution in [0, 0.1) is 6.92 Å². The number of hydrogen-bond donors (Lipinski definition) is 1. The first kappa shape index (κ1) is 29.6. The average molecular weight is 623 g/mol. The van der Waals surface area contributed by atoms with E-state index in [4.69, 9.17) is 0 Å². The molecule has 12 nitrogen and oxygen atoms in total. The van der Waals surface area contributed by atoms with Crippen LogP contribution in [0.4, 0.5) is 8.78 Å². The van der Waals surface area contributed by atoms with Crippen LogP contribution in [-0.4, -0.2) is 49.8 Å². The number of amides is 1. The molecule has 1 N–H and O–H groups in total. The van der Waals surface area contributed by atoms with Crippen LogP contribution in [0.15, 0.2) is 46.2 Å². The van der Waals surface area contributed by atoms with Crippen molar-refractivity contribution < 1.29 is 26.7 Å². The molecular formula is C26H28F2N6O6S2. The van der Waals surface area contributed by atoms with E-state index in [2.05, 4.69) is 19.7 Å². The molecule has 0 spiro atoms. The number of thiophene rings is 1. The van der Waals surface area contributed by atoms with Crippen molar-refractivity contribution in [2.75, 3.05) is 0 Å². The van der Waals surface area contributed by atoms with Gasteiger partial charge in [0.1, 0.15) is 21.1 Å². The summed E-state index contributed by atoms with van der Waals surface area (Å²) >= 11 is 1.09. The van der Waals surface area contributed by atoms with Crippen molar-refractivity contribution in [1.82, 2.24) is 28.9 Å². The second-order valence-corrected chi connectivity index (χ2v) is 14.3. The topological polar surface area (TPSA) is 147 Å². The number of nitrogens with one attached hydrogen (secondary N) is 1. The normalized spacial score (nSPS) is 14.8. The van der Waals surface area contributed by atoms with Crippen molar-refractivity contribution in [3.8, 4) is 10.8 Å². The van der Waals surface area contributed by atoms with Gasteiger partial charge in [-0.3, -0.25) is 18.9 Å². The van der Waals surface area contributed by atoms with Crippen LogP contribution in [0.3, 0.4) is 0 Å². The van der Waals surface area contributed by atoms with Crippen molar-refractivity contribution in [3.05, 3.63) is 68.6 Å². The molecule has 1 fully saturated rings. The summed E-state index contributed by atoms with van der Waals surface area (Å²) in [7, 11) is -4.14. The smallest absolute Gasteiger partial charge is 0.387 e. The van der Waals surface area contributed by atoms with E-state index < -0.39 is 44.1 Å². The minimum Gasteiger partial charge on any atom is -0.435 e. The Morgan fingerprint density at radius 2 is 1.81 bits per heavy atom. The highest BCUT2D eigenvalue weighted by Gasteiger charge is 2.56. The highest BCUT2D eigenvalue weighted by Crippen LogP contribution is 2.43. The first-order chi connectivity index (χ1) is 19.7. The quantitative estimate of drug-likeness (QED) is 0.300. The lowest BCUT2D eigenvalue weighted by atomic mass is 10.1. The first-order valence-corrected chi connectivity index (χ1v) is 15.2. The summed E-state index contributed by atoms with van der Waals surface area (Å²) in [6, 6.07) is 6.15. The molecule has 1 aromatic carbocycles. The standard InChI is InChI=1S/C26H28F2N6O6S2/c1-15-18-19(35)33(26(10-11-26)22(36)31-42(38,39)25(2,3)4)24(37)32(21(18)41-20(15)34-29-12-13-30-34)14-9-16-7-5-6-8-17(16)40-23(27)28/h5-8,12-13,23H,9-11,14H2,1-4H3,(H,31,36). The summed E-state index contributed by atoms with van der Waals surface area (Å²) in [4.78, 5) is 43.1. The molecule has 1 aliphatic carbocycles. The number of nitrogens with zero attached hydrogens (tertiary/aromatic N) is 5. The van der Waals surface area contributed by atoms with Gasteiger partial charge in [-0.25, -0.2) is 17.8 Å². The van der Waals surface area contributed by atoms with Crippen LogP contribution in [0.2, 0.25) is 0 Å². The molecule has 1 amide bonds. The Labute approximate surface area is 242 Å². The van der Waals surface area contributed by atoms with Crippen LogP contribution in [-0.2, 0) is 33.3 Å². The van der Waals surface area contributed by atoms with Crippen LogP contribution in [0.1, 0.15) is 44.7 Å². The van der Waals surface area contributed by atoms with E-state index in [-0.39, 0.29) is 41.8 Å². The SMILES string of the molecule is Cc1c(-n2nccn2)sc2c1c(=O)n(C1(C(=O)NS(=O)(=O)C(C)(C)C)CC1)c(=O)n2CCc1ccccc1OC(F)F. The molecule has 0 saturated heterocycles. The van der Waals surface area contributed by atoms with Gasteiger partial charge in [0.25, 0.3) is 11.5 Å². The third-order valence-electron chi connectivity index (χ3n) is 7.19. The fourth-order valence-electron chi connectivity index (χ4n) is 4.62. The van der Waals surface area contributed by atoms with Gasteiger partial charge < -0.3 is 4.74 Å². The minimum absolute atomic E-state index is 0.0562. The number of aromatic nitrogens is 5. The molecule has 0 radical (unpaired) electrons. The Bertz CT molecular complexity index is 1900. The third kappa shape index (κ3) is 5.02. The van der Waals surface area contributed by atoms with Crippen LogP contribution >= 0.6 is 11.3 Å². The number of alkyl halides is 2. The summed E-state index contributed by atoms with van der Waals surface area (Å²) in [5.74, 6) is -1.03. The first-order valence-electron chi connectivity index (χ1n) is 12.9. The zero-order valence-electron chi connectivity index (χ0n) is 23.1. The lowest BCUT2D eigenvalue weighted by Gasteiger charge is -2.24.